The van der Waals surface area contributed by atoms with Crippen molar-refractivity contribution < 1.29 is 4.79 Å². The minimum Gasteiger partial charge on any atom is -0.311 e. The SMILES string of the molecule is CC(C)(C)c1cc(NC(=O)CCc2cccs2)n(C(C)(C)C)n1. The normalized spacial score (nSPS) is 12.4. The average Bonchev–Trinajstić information content (AvgIpc) is 3.03. The number of anilines is 1. The zero-order valence-corrected chi connectivity index (χ0v) is 15.8. The van der Waals surface area contributed by atoms with E-state index in [1.165, 1.54) is 4.88 Å². The van der Waals surface area contributed by atoms with Gasteiger partial charge in [-0.05, 0) is 38.6 Å². The summed E-state index contributed by atoms with van der Waals surface area (Å²) in [5.41, 5.74) is 0.758. The maximum absolute atomic E-state index is 12.3. The summed E-state index contributed by atoms with van der Waals surface area (Å²) < 4.78 is 1.91. The van der Waals surface area contributed by atoms with Crippen LogP contribution in [0.25, 0.3) is 0 Å². The molecule has 0 bridgehead atoms. The van der Waals surface area contributed by atoms with Crippen LogP contribution in [0.3, 0.4) is 0 Å². The van der Waals surface area contributed by atoms with Crippen LogP contribution in [-0.2, 0) is 22.2 Å². The van der Waals surface area contributed by atoms with Gasteiger partial charge in [-0.1, -0.05) is 26.8 Å². The second kappa shape index (κ2) is 6.48. The number of nitrogens with one attached hydrogen (secondary N) is 1. The van der Waals surface area contributed by atoms with E-state index < -0.39 is 0 Å². The highest BCUT2D eigenvalue weighted by atomic mass is 32.1. The standard InChI is InChI=1S/C18H27N3OS/c1-17(2,3)14-12-15(21(20-14)18(4,5)6)19-16(22)10-9-13-8-7-11-23-13/h7-8,11-12H,9-10H2,1-6H3,(H,19,22). The second-order valence-corrected chi connectivity index (χ2v) is 8.91. The van der Waals surface area contributed by atoms with Gasteiger partial charge in [-0.15, -0.1) is 11.3 Å². The molecule has 126 valence electrons. The van der Waals surface area contributed by atoms with Crippen molar-refractivity contribution in [1.82, 2.24) is 9.78 Å². The van der Waals surface area contributed by atoms with Crippen LogP contribution < -0.4 is 5.32 Å². The number of amides is 1. The third-order valence-corrected chi connectivity index (χ3v) is 4.50. The van der Waals surface area contributed by atoms with E-state index in [4.69, 9.17) is 5.10 Å². The van der Waals surface area contributed by atoms with Gasteiger partial charge >= 0.3 is 0 Å². The molecule has 5 heteroatoms. The van der Waals surface area contributed by atoms with Crippen molar-refractivity contribution in [3.63, 3.8) is 0 Å². The monoisotopic (exact) mass is 333 g/mol. The van der Waals surface area contributed by atoms with E-state index in [2.05, 4.69) is 52.9 Å². The molecule has 2 aromatic heterocycles. The lowest BCUT2D eigenvalue weighted by molar-refractivity contribution is -0.116. The molecule has 0 unspecified atom stereocenters. The average molecular weight is 334 g/mol. The van der Waals surface area contributed by atoms with Gasteiger partial charge < -0.3 is 5.32 Å². The van der Waals surface area contributed by atoms with Crippen LogP contribution in [0.1, 0.15) is 58.5 Å². The Morgan fingerprint density at radius 3 is 2.48 bits per heavy atom. The fraction of sp³-hybridized carbons (Fsp3) is 0.556. The number of carbonyl (C=O) groups is 1. The lowest BCUT2D eigenvalue weighted by Gasteiger charge is -2.23. The van der Waals surface area contributed by atoms with Crippen LogP contribution in [0.5, 0.6) is 0 Å². The molecular weight excluding hydrogens is 306 g/mol. The van der Waals surface area contributed by atoms with Gasteiger partial charge in [-0.3, -0.25) is 4.79 Å². The second-order valence-electron chi connectivity index (χ2n) is 7.87. The fourth-order valence-corrected chi connectivity index (χ4v) is 2.95. The smallest absolute Gasteiger partial charge is 0.225 e. The quantitative estimate of drug-likeness (QED) is 0.891. The first-order chi connectivity index (χ1) is 10.6. The molecule has 2 aromatic rings. The van der Waals surface area contributed by atoms with Crippen molar-refractivity contribution in [3.8, 4) is 0 Å². The molecule has 0 aliphatic heterocycles. The van der Waals surface area contributed by atoms with Gasteiger partial charge in [0.15, 0.2) is 0 Å². The summed E-state index contributed by atoms with van der Waals surface area (Å²) in [5.74, 6) is 0.808. The van der Waals surface area contributed by atoms with Crippen molar-refractivity contribution in [2.75, 3.05) is 5.32 Å². The molecule has 0 spiro atoms. The Balaban J connectivity index is 2.14. The van der Waals surface area contributed by atoms with Crippen molar-refractivity contribution in [3.05, 3.63) is 34.2 Å². The van der Waals surface area contributed by atoms with E-state index in [-0.39, 0.29) is 16.9 Å². The number of aryl methyl sites for hydroxylation is 1. The highest BCUT2D eigenvalue weighted by Crippen LogP contribution is 2.28. The Bertz CT molecular complexity index is 657. The van der Waals surface area contributed by atoms with Crippen LogP contribution in [-0.4, -0.2) is 15.7 Å². The first kappa shape index (κ1) is 17.7. The maximum Gasteiger partial charge on any atom is 0.225 e. The summed E-state index contributed by atoms with van der Waals surface area (Å²) in [6, 6.07) is 6.07. The van der Waals surface area contributed by atoms with Crippen LogP contribution >= 0.6 is 11.3 Å². The van der Waals surface area contributed by atoms with Crippen molar-refractivity contribution in [2.24, 2.45) is 0 Å². The fourth-order valence-electron chi connectivity index (χ4n) is 2.24. The number of carbonyl (C=O) groups excluding carboxylic acids is 1. The summed E-state index contributed by atoms with van der Waals surface area (Å²) in [5, 5.41) is 9.80. The maximum atomic E-state index is 12.3. The Morgan fingerprint density at radius 2 is 1.96 bits per heavy atom. The number of hydrogen-bond acceptors (Lipinski definition) is 3. The zero-order valence-electron chi connectivity index (χ0n) is 14.9. The molecule has 0 radical (unpaired) electrons. The molecule has 2 rings (SSSR count). The van der Waals surface area contributed by atoms with Gasteiger partial charge in [0.25, 0.3) is 0 Å². The molecule has 1 amide bonds. The molecule has 2 heterocycles. The number of nitrogens with zero attached hydrogens (tertiary/aromatic N) is 2. The minimum atomic E-state index is -0.181. The van der Waals surface area contributed by atoms with E-state index in [0.717, 1.165) is 17.9 Å². The summed E-state index contributed by atoms with van der Waals surface area (Å²) in [7, 11) is 0. The first-order valence-electron chi connectivity index (χ1n) is 8.00. The topological polar surface area (TPSA) is 46.9 Å². The molecule has 23 heavy (non-hydrogen) atoms. The number of thiophene rings is 1. The van der Waals surface area contributed by atoms with Gasteiger partial charge in [0.2, 0.25) is 5.91 Å². The van der Waals surface area contributed by atoms with E-state index in [9.17, 15) is 4.79 Å². The van der Waals surface area contributed by atoms with Gasteiger partial charge in [0, 0.05) is 22.8 Å². The largest absolute Gasteiger partial charge is 0.311 e. The highest BCUT2D eigenvalue weighted by molar-refractivity contribution is 7.09. The van der Waals surface area contributed by atoms with Gasteiger partial charge in [-0.2, -0.15) is 5.10 Å². The third kappa shape index (κ3) is 4.67. The lowest BCUT2D eigenvalue weighted by atomic mass is 9.92. The molecular formula is C18H27N3OS. The molecule has 0 aliphatic carbocycles. The predicted molar refractivity (Wildman–Crippen MR) is 97.2 cm³/mol. The Kier molecular flexibility index (Phi) is 4.99. The summed E-state index contributed by atoms with van der Waals surface area (Å²) in [6.45, 7) is 12.7. The van der Waals surface area contributed by atoms with Crippen molar-refractivity contribution in [2.45, 2.75) is 65.3 Å². The van der Waals surface area contributed by atoms with E-state index in [0.29, 0.717) is 6.42 Å². The predicted octanol–water partition coefficient (Wildman–Crippen LogP) is 4.57. The molecule has 0 saturated carbocycles. The molecule has 0 aliphatic rings. The Morgan fingerprint density at radius 1 is 1.26 bits per heavy atom. The summed E-state index contributed by atoms with van der Waals surface area (Å²) >= 11 is 1.69. The highest BCUT2D eigenvalue weighted by Gasteiger charge is 2.25. The molecule has 0 fully saturated rings. The third-order valence-electron chi connectivity index (χ3n) is 3.56. The van der Waals surface area contributed by atoms with Gasteiger partial charge in [0.05, 0.1) is 11.2 Å². The Labute approximate surface area is 142 Å². The van der Waals surface area contributed by atoms with Gasteiger partial charge in [-0.25, -0.2) is 4.68 Å². The lowest BCUT2D eigenvalue weighted by Crippen LogP contribution is -2.27. The summed E-state index contributed by atoms with van der Waals surface area (Å²) in [4.78, 5) is 13.5. The molecule has 4 nitrogen and oxygen atoms in total. The molecule has 0 saturated heterocycles. The van der Waals surface area contributed by atoms with E-state index >= 15 is 0 Å². The van der Waals surface area contributed by atoms with Crippen molar-refractivity contribution >= 4 is 23.1 Å². The van der Waals surface area contributed by atoms with Crippen LogP contribution in [0.2, 0.25) is 0 Å². The van der Waals surface area contributed by atoms with Crippen LogP contribution in [0.15, 0.2) is 23.6 Å². The molecule has 1 N–H and O–H groups in total. The summed E-state index contributed by atoms with van der Waals surface area (Å²) in [6.07, 6.45) is 1.26. The zero-order chi connectivity index (χ0) is 17.3. The minimum absolute atomic E-state index is 0.0317. The van der Waals surface area contributed by atoms with Crippen LogP contribution in [0.4, 0.5) is 5.82 Å². The van der Waals surface area contributed by atoms with E-state index in [1.807, 2.05) is 22.2 Å². The van der Waals surface area contributed by atoms with E-state index in [1.54, 1.807) is 11.3 Å². The number of aromatic nitrogens is 2. The molecule has 0 atom stereocenters. The molecule has 0 aromatic carbocycles. The van der Waals surface area contributed by atoms with Crippen LogP contribution in [0, 0.1) is 0 Å². The first-order valence-corrected chi connectivity index (χ1v) is 8.88. The Hall–Kier alpha value is -1.62. The number of rotatable bonds is 4. The van der Waals surface area contributed by atoms with Gasteiger partial charge in [0.1, 0.15) is 5.82 Å². The number of hydrogen-bond donors (Lipinski definition) is 1. The van der Waals surface area contributed by atoms with Crippen molar-refractivity contribution in [1.29, 1.82) is 0 Å².